The van der Waals surface area contributed by atoms with E-state index in [0.717, 1.165) is 36.1 Å². The van der Waals surface area contributed by atoms with Crippen LogP contribution in [0.5, 0.6) is 0 Å². The summed E-state index contributed by atoms with van der Waals surface area (Å²) in [7, 11) is 0. The van der Waals surface area contributed by atoms with E-state index in [1.165, 1.54) is 12.1 Å². The highest BCUT2D eigenvalue weighted by atomic mass is 79.9. The topological polar surface area (TPSA) is 101 Å². The fourth-order valence-corrected chi connectivity index (χ4v) is 4.90. The molecule has 0 saturated carbocycles. The standard InChI is InChI=1S/C28H35FN4O3.2BrH/c1-17-9-25(29)24(26(30)35)11-22(17)19-5-6-21-23(10-19)20(13-32-8-7-31-12-18(32)2)14-33(27(21)36)15-28(3,4)16-34;;/h5-6,9-11,14,18,31,34H,7-8,12-13,15-16H2,1-4H3,(H2,30,35);2*1H/t18-;;/m1../s1. The fraction of sp³-hybridized carbons (Fsp3) is 0.429. The molecule has 208 valence electrons. The van der Waals surface area contributed by atoms with Crippen LogP contribution in [0.15, 0.2) is 41.3 Å². The van der Waals surface area contributed by atoms with Gasteiger partial charge in [-0.1, -0.05) is 19.9 Å². The maximum absolute atomic E-state index is 14.3. The number of carbonyl (C=O) groups is 1. The summed E-state index contributed by atoms with van der Waals surface area (Å²) in [5, 5.41) is 14.6. The van der Waals surface area contributed by atoms with Crippen molar-refractivity contribution in [3.63, 3.8) is 0 Å². The van der Waals surface area contributed by atoms with Crippen molar-refractivity contribution in [2.75, 3.05) is 26.2 Å². The molecule has 0 radical (unpaired) electrons. The lowest BCUT2D eigenvalue weighted by Crippen LogP contribution is -2.49. The van der Waals surface area contributed by atoms with Crippen LogP contribution in [0.2, 0.25) is 0 Å². The van der Waals surface area contributed by atoms with Gasteiger partial charge in [0.2, 0.25) is 0 Å². The summed E-state index contributed by atoms with van der Waals surface area (Å²) in [4.78, 5) is 27.6. The summed E-state index contributed by atoms with van der Waals surface area (Å²) in [6.45, 7) is 11.5. The summed E-state index contributed by atoms with van der Waals surface area (Å²) < 4.78 is 16.0. The number of fused-ring (bicyclic) bond motifs is 1. The molecule has 3 aromatic rings. The first-order chi connectivity index (χ1) is 17.0. The fourth-order valence-electron chi connectivity index (χ4n) is 4.90. The minimum absolute atomic E-state index is 0. The number of carbonyl (C=O) groups excluding carboxylic acids is 1. The maximum atomic E-state index is 14.3. The average Bonchev–Trinajstić information content (AvgIpc) is 2.83. The van der Waals surface area contributed by atoms with Crippen molar-refractivity contribution in [1.82, 2.24) is 14.8 Å². The Morgan fingerprint density at radius 3 is 2.55 bits per heavy atom. The molecule has 1 amide bonds. The number of hydrogen-bond donors (Lipinski definition) is 3. The summed E-state index contributed by atoms with van der Waals surface area (Å²) >= 11 is 0. The quantitative estimate of drug-likeness (QED) is 0.355. The van der Waals surface area contributed by atoms with Crippen LogP contribution >= 0.6 is 34.0 Å². The molecule has 0 unspecified atom stereocenters. The lowest BCUT2D eigenvalue weighted by atomic mass is 9.93. The third-order valence-corrected chi connectivity index (χ3v) is 7.10. The third-order valence-electron chi connectivity index (χ3n) is 7.10. The molecule has 38 heavy (non-hydrogen) atoms. The van der Waals surface area contributed by atoms with E-state index in [2.05, 4.69) is 17.1 Å². The number of halogens is 3. The van der Waals surface area contributed by atoms with Gasteiger partial charge in [0.15, 0.2) is 0 Å². The predicted molar refractivity (Wildman–Crippen MR) is 161 cm³/mol. The van der Waals surface area contributed by atoms with Crippen LogP contribution in [0.25, 0.3) is 21.9 Å². The third kappa shape index (κ3) is 6.71. The number of aliphatic hydroxyl groups excluding tert-OH is 1. The Balaban J connectivity index is 0.00000253. The second-order valence-electron chi connectivity index (χ2n) is 10.7. The van der Waals surface area contributed by atoms with E-state index >= 15 is 0 Å². The second kappa shape index (κ2) is 12.8. The van der Waals surface area contributed by atoms with Gasteiger partial charge in [0.25, 0.3) is 11.5 Å². The first kappa shape index (κ1) is 32.1. The molecule has 1 aromatic heterocycles. The Bertz CT molecular complexity index is 1380. The monoisotopic (exact) mass is 654 g/mol. The highest BCUT2D eigenvalue weighted by molar-refractivity contribution is 8.93. The molecular formula is C28H37Br2FN4O3. The molecule has 4 rings (SSSR count). The largest absolute Gasteiger partial charge is 0.396 e. The van der Waals surface area contributed by atoms with Crippen LogP contribution in [0.1, 0.15) is 42.3 Å². The first-order valence-corrected chi connectivity index (χ1v) is 12.3. The number of hydrogen-bond acceptors (Lipinski definition) is 5. The summed E-state index contributed by atoms with van der Waals surface area (Å²) in [5.74, 6) is -1.47. The molecule has 1 atom stereocenters. The molecule has 1 aliphatic rings. The number of primary amides is 1. The number of nitrogens with two attached hydrogens (primary N) is 1. The molecule has 1 aliphatic heterocycles. The highest BCUT2D eigenvalue weighted by Crippen LogP contribution is 2.31. The maximum Gasteiger partial charge on any atom is 0.258 e. The van der Waals surface area contributed by atoms with E-state index in [1.54, 1.807) is 17.6 Å². The van der Waals surface area contributed by atoms with Crippen LogP contribution in [0.3, 0.4) is 0 Å². The van der Waals surface area contributed by atoms with Gasteiger partial charge >= 0.3 is 0 Å². The van der Waals surface area contributed by atoms with E-state index in [4.69, 9.17) is 5.73 Å². The van der Waals surface area contributed by atoms with Gasteiger partial charge < -0.3 is 20.7 Å². The van der Waals surface area contributed by atoms with Crippen molar-refractivity contribution < 1.29 is 14.3 Å². The minimum Gasteiger partial charge on any atom is -0.396 e. The van der Waals surface area contributed by atoms with E-state index < -0.39 is 17.1 Å². The number of aryl methyl sites for hydroxylation is 1. The smallest absolute Gasteiger partial charge is 0.258 e. The zero-order valence-electron chi connectivity index (χ0n) is 22.2. The lowest BCUT2D eigenvalue weighted by Gasteiger charge is -2.34. The zero-order valence-corrected chi connectivity index (χ0v) is 25.6. The molecule has 1 fully saturated rings. The Hall–Kier alpha value is -2.11. The van der Waals surface area contributed by atoms with Crippen molar-refractivity contribution in [3.05, 3.63) is 69.4 Å². The number of piperazine rings is 1. The van der Waals surface area contributed by atoms with Gasteiger partial charge in [-0.15, -0.1) is 34.0 Å². The number of aromatic nitrogens is 1. The summed E-state index contributed by atoms with van der Waals surface area (Å²) in [6.07, 6.45) is 1.91. The molecule has 2 heterocycles. The molecule has 2 aromatic carbocycles. The second-order valence-corrected chi connectivity index (χ2v) is 10.7. The van der Waals surface area contributed by atoms with E-state index in [0.29, 0.717) is 35.6 Å². The van der Waals surface area contributed by atoms with Crippen molar-refractivity contribution in [3.8, 4) is 11.1 Å². The lowest BCUT2D eigenvalue weighted by molar-refractivity contribution is 0.0996. The molecule has 0 aliphatic carbocycles. The number of amides is 1. The van der Waals surface area contributed by atoms with E-state index in [-0.39, 0.29) is 51.7 Å². The number of nitrogens with zero attached hydrogens (tertiary/aromatic N) is 2. The van der Waals surface area contributed by atoms with E-state index in [9.17, 15) is 19.1 Å². The predicted octanol–water partition coefficient (Wildman–Crippen LogP) is 4.18. The first-order valence-electron chi connectivity index (χ1n) is 12.3. The Morgan fingerprint density at radius 2 is 1.92 bits per heavy atom. The zero-order chi connectivity index (χ0) is 26.2. The van der Waals surface area contributed by atoms with Crippen LogP contribution in [-0.4, -0.2) is 52.8 Å². The Kier molecular flexibility index (Phi) is 10.8. The van der Waals surface area contributed by atoms with Crippen molar-refractivity contribution >= 4 is 50.6 Å². The number of nitrogens with one attached hydrogen (secondary N) is 1. The van der Waals surface area contributed by atoms with Crippen molar-refractivity contribution in [1.29, 1.82) is 0 Å². The molecule has 4 N–H and O–H groups in total. The average molecular weight is 656 g/mol. The van der Waals surface area contributed by atoms with Gasteiger partial charge in [0, 0.05) is 62.4 Å². The van der Waals surface area contributed by atoms with Gasteiger partial charge in [-0.2, -0.15) is 0 Å². The number of rotatable bonds is 7. The molecule has 10 heteroatoms. The van der Waals surface area contributed by atoms with Gasteiger partial charge in [-0.3, -0.25) is 14.5 Å². The Morgan fingerprint density at radius 1 is 1.21 bits per heavy atom. The normalized spacial score (nSPS) is 16.1. The van der Waals surface area contributed by atoms with Crippen molar-refractivity contribution in [2.24, 2.45) is 11.1 Å². The van der Waals surface area contributed by atoms with Crippen LogP contribution < -0.4 is 16.6 Å². The molecule has 1 saturated heterocycles. The van der Waals surface area contributed by atoms with Gasteiger partial charge in [-0.25, -0.2) is 4.39 Å². The Labute approximate surface area is 243 Å². The highest BCUT2D eigenvalue weighted by Gasteiger charge is 2.23. The molecule has 0 bridgehead atoms. The SMILES string of the molecule is Br.Br.Cc1cc(F)c(C(N)=O)cc1-c1ccc2c(=O)n(CC(C)(C)CO)cc(CN3CCNC[C@H]3C)c2c1. The summed E-state index contributed by atoms with van der Waals surface area (Å²) in [5.41, 5.74) is 7.81. The molecule has 7 nitrogen and oxygen atoms in total. The van der Waals surface area contributed by atoms with Crippen LogP contribution in [0, 0.1) is 18.2 Å². The van der Waals surface area contributed by atoms with Gasteiger partial charge in [-0.05, 0) is 65.8 Å². The number of benzene rings is 2. The van der Waals surface area contributed by atoms with Crippen LogP contribution in [0.4, 0.5) is 4.39 Å². The summed E-state index contributed by atoms with van der Waals surface area (Å²) in [6, 6.07) is 8.71. The van der Waals surface area contributed by atoms with Crippen molar-refractivity contribution in [2.45, 2.75) is 46.8 Å². The molecule has 0 spiro atoms. The minimum atomic E-state index is -0.822. The number of pyridine rings is 1. The van der Waals surface area contributed by atoms with Gasteiger partial charge in [0.05, 0.1) is 5.56 Å². The molecular weight excluding hydrogens is 619 g/mol. The van der Waals surface area contributed by atoms with E-state index in [1.807, 2.05) is 32.2 Å². The van der Waals surface area contributed by atoms with Gasteiger partial charge in [0.1, 0.15) is 5.82 Å². The number of aliphatic hydroxyl groups is 1. The van der Waals surface area contributed by atoms with Crippen LogP contribution in [-0.2, 0) is 13.1 Å².